The second-order valence-electron chi connectivity index (χ2n) is 9.57. The smallest absolute Gasteiger partial charge is 0.410 e. The van der Waals surface area contributed by atoms with E-state index < -0.39 is 5.60 Å². The van der Waals surface area contributed by atoms with Crippen molar-refractivity contribution in [2.75, 3.05) is 38.5 Å². The molecule has 1 aromatic carbocycles. The second kappa shape index (κ2) is 10.7. The number of hydrogen-bond donors (Lipinski definition) is 2. The summed E-state index contributed by atoms with van der Waals surface area (Å²) in [5.41, 5.74) is 8.16. The number of aromatic hydroxyl groups is 1. The summed E-state index contributed by atoms with van der Waals surface area (Å²) in [5, 5.41) is 22.7. The monoisotopic (exact) mass is 489 g/mol. The highest BCUT2D eigenvalue weighted by atomic mass is 16.6. The summed E-state index contributed by atoms with van der Waals surface area (Å²) in [6.07, 6.45) is 3.30. The largest absolute Gasteiger partial charge is 0.507 e. The summed E-state index contributed by atoms with van der Waals surface area (Å²) in [6, 6.07) is 8.74. The second-order valence-corrected chi connectivity index (χ2v) is 9.57. The predicted octanol–water partition coefficient (Wildman–Crippen LogP) is 2.85. The summed E-state index contributed by atoms with van der Waals surface area (Å²) in [7, 11) is 0. The van der Waals surface area contributed by atoms with Gasteiger partial charge in [-0.25, -0.2) is 4.79 Å². The summed E-state index contributed by atoms with van der Waals surface area (Å²) < 4.78 is 7.18. The van der Waals surface area contributed by atoms with Crippen LogP contribution in [0.5, 0.6) is 5.75 Å². The van der Waals surface area contributed by atoms with E-state index in [1.807, 2.05) is 33.0 Å². The van der Waals surface area contributed by atoms with Crippen molar-refractivity contribution < 1.29 is 14.6 Å². The van der Waals surface area contributed by atoms with Gasteiger partial charge in [0, 0.05) is 49.1 Å². The lowest BCUT2D eigenvalue weighted by Crippen LogP contribution is -2.50. The number of benzene rings is 1. The molecule has 10 heteroatoms. The third-order valence-electron chi connectivity index (χ3n) is 5.64. The number of phenols is 1. The maximum atomic E-state index is 12.2. The van der Waals surface area contributed by atoms with E-state index in [4.69, 9.17) is 10.5 Å². The molecule has 0 aliphatic carbocycles. The van der Waals surface area contributed by atoms with Gasteiger partial charge in [-0.1, -0.05) is 24.0 Å². The molecule has 36 heavy (non-hydrogen) atoms. The first-order valence-corrected chi connectivity index (χ1v) is 11.8. The van der Waals surface area contributed by atoms with Crippen LogP contribution in [0.15, 0.2) is 42.7 Å². The first-order valence-electron chi connectivity index (χ1n) is 11.8. The zero-order valence-corrected chi connectivity index (χ0v) is 20.8. The Morgan fingerprint density at radius 1 is 1.08 bits per heavy atom. The predicted molar refractivity (Wildman–Crippen MR) is 137 cm³/mol. The molecule has 188 valence electrons. The number of para-hydroxylation sites is 1. The summed E-state index contributed by atoms with van der Waals surface area (Å²) in [4.78, 5) is 16.1. The fourth-order valence-electron chi connectivity index (χ4n) is 3.76. The standard InChI is InChI=1S/C26H31N7O3/c1-26(2,3)36-25(35)32-14-12-31(13-15-32)10-6-7-11-33-18-19(17-28-33)21-16-22(29-30-24(21)27)20-8-4-5-9-23(20)34/h4-5,8-9,16-18,34H,10-15H2,1-3H3,(H2,27,30). The maximum Gasteiger partial charge on any atom is 0.410 e. The zero-order chi connectivity index (χ0) is 25.7. The van der Waals surface area contributed by atoms with E-state index in [0.717, 1.165) is 18.7 Å². The minimum absolute atomic E-state index is 0.125. The topological polar surface area (TPSA) is 123 Å². The number of nitrogens with zero attached hydrogens (tertiary/aromatic N) is 6. The number of nitrogen functional groups attached to an aromatic ring is 1. The molecule has 3 aromatic rings. The Kier molecular flexibility index (Phi) is 7.41. The fraction of sp³-hybridized carbons (Fsp3) is 0.385. The van der Waals surface area contributed by atoms with Gasteiger partial charge in [0.2, 0.25) is 0 Å². The van der Waals surface area contributed by atoms with Crippen LogP contribution in [0.1, 0.15) is 20.8 Å². The Morgan fingerprint density at radius 2 is 1.81 bits per heavy atom. The van der Waals surface area contributed by atoms with Crippen molar-refractivity contribution >= 4 is 11.9 Å². The van der Waals surface area contributed by atoms with Crippen LogP contribution in [-0.2, 0) is 11.3 Å². The molecule has 3 N–H and O–H groups in total. The lowest BCUT2D eigenvalue weighted by atomic mass is 10.1. The van der Waals surface area contributed by atoms with Crippen molar-refractivity contribution in [3.8, 4) is 40.0 Å². The maximum absolute atomic E-state index is 12.2. The minimum Gasteiger partial charge on any atom is -0.507 e. The molecule has 0 atom stereocenters. The molecule has 0 spiro atoms. The molecular weight excluding hydrogens is 458 g/mol. The number of carbonyl (C=O) groups is 1. The average Bonchev–Trinajstić information content (AvgIpc) is 3.31. The van der Waals surface area contributed by atoms with Crippen LogP contribution in [0.25, 0.3) is 22.4 Å². The van der Waals surface area contributed by atoms with Crippen molar-refractivity contribution in [3.05, 3.63) is 42.7 Å². The van der Waals surface area contributed by atoms with E-state index in [1.165, 1.54) is 0 Å². The van der Waals surface area contributed by atoms with Gasteiger partial charge >= 0.3 is 6.09 Å². The molecule has 1 amide bonds. The molecule has 0 saturated carbocycles. The molecule has 1 fully saturated rings. The van der Waals surface area contributed by atoms with E-state index in [2.05, 4.69) is 32.0 Å². The van der Waals surface area contributed by atoms with Gasteiger partial charge in [0.15, 0.2) is 5.82 Å². The number of aromatic nitrogens is 4. The average molecular weight is 490 g/mol. The SMILES string of the molecule is CC(C)(C)OC(=O)N1CCN(CC#CCn2cc(-c3cc(-c4ccccc4O)nnc3N)cn2)CC1. The molecule has 0 bridgehead atoms. The lowest BCUT2D eigenvalue weighted by Gasteiger charge is -2.34. The third-order valence-corrected chi connectivity index (χ3v) is 5.64. The molecule has 4 rings (SSSR count). The van der Waals surface area contributed by atoms with Crippen LogP contribution >= 0.6 is 0 Å². The van der Waals surface area contributed by atoms with Crippen molar-refractivity contribution in [1.29, 1.82) is 0 Å². The van der Waals surface area contributed by atoms with Gasteiger partial charge in [0.25, 0.3) is 0 Å². The summed E-state index contributed by atoms with van der Waals surface area (Å²) in [5.74, 6) is 6.75. The first-order chi connectivity index (χ1) is 17.2. The quantitative estimate of drug-likeness (QED) is 0.537. The van der Waals surface area contributed by atoms with Crippen molar-refractivity contribution in [3.63, 3.8) is 0 Å². The Morgan fingerprint density at radius 3 is 2.53 bits per heavy atom. The minimum atomic E-state index is -0.487. The van der Waals surface area contributed by atoms with E-state index >= 15 is 0 Å². The fourth-order valence-corrected chi connectivity index (χ4v) is 3.76. The first kappa shape index (κ1) is 25.0. The van der Waals surface area contributed by atoms with Crippen molar-refractivity contribution in [2.24, 2.45) is 0 Å². The van der Waals surface area contributed by atoms with E-state index in [1.54, 1.807) is 40.0 Å². The molecule has 10 nitrogen and oxygen atoms in total. The molecule has 1 aliphatic heterocycles. The van der Waals surface area contributed by atoms with Crippen LogP contribution < -0.4 is 5.73 Å². The Balaban J connectivity index is 1.32. The Labute approximate surface area is 210 Å². The zero-order valence-electron chi connectivity index (χ0n) is 20.8. The third kappa shape index (κ3) is 6.31. The van der Waals surface area contributed by atoms with Gasteiger partial charge in [-0.2, -0.15) is 5.10 Å². The van der Waals surface area contributed by atoms with Crippen molar-refractivity contribution in [1.82, 2.24) is 29.8 Å². The highest BCUT2D eigenvalue weighted by Crippen LogP contribution is 2.31. The molecule has 0 radical (unpaired) electrons. The number of amides is 1. The number of piperazine rings is 1. The molecule has 3 heterocycles. The molecule has 0 unspecified atom stereocenters. The number of rotatable bonds is 4. The summed E-state index contributed by atoms with van der Waals surface area (Å²) in [6.45, 7) is 9.44. The molecule has 2 aromatic heterocycles. The van der Waals surface area contributed by atoms with Crippen LogP contribution in [0, 0.1) is 11.8 Å². The number of anilines is 1. The summed E-state index contributed by atoms with van der Waals surface area (Å²) >= 11 is 0. The highest BCUT2D eigenvalue weighted by Gasteiger charge is 2.25. The number of ether oxygens (including phenoxy) is 1. The highest BCUT2D eigenvalue weighted by molar-refractivity contribution is 5.78. The normalized spacial score (nSPS) is 14.2. The number of nitrogens with two attached hydrogens (primary N) is 1. The van der Waals surface area contributed by atoms with Gasteiger partial charge in [0.05, 0.1) is 18.4 Å². The van der Waals surface area contributed by atoms with Gasteiger partial charge in [-0.05, 0) is 39.0 Å². The van der Waals surface area contributed by atoms with Gasteiger partial charge in [-0.3, -0.25) is 9.58 Å². The molecule has 1 saturated heterocycles. The molecular formula is C26H31N7O3. The van der Waals surface area contributed by atoms with E-state index in [0.29, 0.717) is 43.0 Å². The van der Waals surface area contributed by atoms with E-state index in [-0.39, 0.29) is 17.7 Å². The number of carbonyl (C=O) groups excluding carboxylic acids is 1. The van der Waals surface area contributed by atoms with E-state index in [9.17, 15) is 9.90 Å². The van der Waals surface area contributed by atoms with Crippen LogP contribution in [0.4, 0.5) is 10.6 Å². The number of hydrogen-bond acceptors (Lipinski definition) is 8. The Hall–Kier alpha value is -4.10. The molecule has 1 aliphatic rings. The van der Waals surface area contributed by atoms with Gasteiger partial charge < -0.3 is 20.5 Å². The van der Waals surface area contributed by atoms with Gasteiger partial charge in [0.1, 0.15) is 17.9 Å². The lowest BCUT2D eigenvalue weighted by molar-refractivity contribution is 0.0155. The number of phenolic OH excluding ortho intramolecular Hbond substituents is 1. The van der Waals surface area contributed by atoms with Gasteiger partial charge in [-0.15, -0.1) is 10.2 Å². The van der Waals surface area contributed by atoms with Crippen molar-refractivity contribution in [2.45, 2.75) is 32.9 Å². The Bertz CT molecular complexity index is 1280. The van der Waals surface area contributed by atoms with Crippen LogP contribution in [-0.4, -0.2) is 79.3 Å². The van der Waals surface area contributed by atoms with Crippen LogP contribution in [0.3, 0.4) is 0 Å². The van der Waals surface area contributed by atoms with Crippen LogP contribution in [0.2, 0.25) is 0 Å².